The van der Waals surface area contributed by atoms with Gasteiger partial charge in [0, 0.05) is 11.9 Å². The molecule has 90 valence electrons. The van der Waals surface area contributed by atoms with Crippen LogP contribution in [-0.4, -0.2) is 41.9 Å². The second-order valence-electron chi connectivity index (χ2n) is 4.75. The smallest absolute Gasteiger partial charge is 0.0257 e. The highest BCUT2D eigenvalue weighted by Gasteiger charge is 2.17. The number of alkyl halides is 1. The summed E-state index contributed by atoms with van der Waals surface area (Å²) in [6.45, 7) is 3.53. The molecule has 0 aromatic rings. The Labute approximate surface area is 104 Å². The van der Waals surface area contributed by atoms with Gasteiger partial charge in [-0.15, -0.1) is 11.6 Å². The number of halogens is 1. The van der Waals surface area contributed by atoms with Crippen LogP contribution in [0, 0.1) is 5.92 Å². The van der Waals surface area contributed by atoms with E-state index in [1.54, 1.807) is 0 Å². The van der Waals surface area contributed by atoms with Crippen molar-refractivity contribution in [2.75, 3.05) is 31.0 Å². The van der Waals surface area contributed by atoms with Crippen molar-refractivity contribution in [3.05, 3.63) is 0 Å². The lowest BCUT2D eigenvalue weighted by Crippen LogP contribution is -2.36. The van der Waals surface area contributed by atoms with Gasteiger partial charge in [-0.3, -0.25) is 0 Å². The van der Waals surface area contributed by atoms with E-state index in [-0.39, 0.29) is 0 Å². The van der Waals surface area contributed by atoms with Crippen molar-refractivity contribution in [2.24, 2.45) is 5.92 Å². The predicted molar refractivity (Wildman–Crippen MR) is 72.1 cm³/mol. The van der Waals surface area contributed by atoms with Crippen molar-refractivity contribution in [2.45, 2.75) is 38.6 Å². The molecule has 1 aliphatic heterocycles. The van der Waals surface area contributed by atoms with Crippen molar-refractivity contribution in [3.63, 3.8) is 0 Å². The Morgan fingerprint density at radius 3 is 2.93 bits per heavy atom. The molecule has 3 heteroatoms. The molecule has 0 aromatic carbocycles. The lowest BCUT2D eigenvalue weighted by atomic mass is 10.0. The molecule has 0 aromatic heterocycles. The first-order valence-electron chi connectivity index (χ1n) is 6.08. The maximum absolute atomic E-state index is 5.78. The van der Waals surface area contributed by atoms with Gasteiger partial charge in [-0.2, -0.15) is 11.8 Å². The summed E-state index contributed by atoms with van der Waals surface area (Å²) in [5.41, 5.74) is 0. The van der Waals surface area contributed by atoms with Crippen LogP contribution >= 0.6 is 23.4 Å². The third kappa shape index (κ3) is 5.46. The first-order valence-corrected chi connectivity index (χ1v) is 7.77. The highest BCUT2D eigenvalue weighted by molar-refractivity contribution is 7.99. The molecule has 0 radical (unpaired) electrons. The third-order valence-electron chi connectivity index (χ3n) is 3.18. The molecule has 1 rings (SSSR count). The van der Waals surface area contributed by atoms with E-state index >= 15 is 0 Å². The van der Waals surface area contributed by atoms with Gasteiger partial charge in [0.25, 0.3) is 0 Å². The Kier molecular flexibility index (Phi) is 7.11. The Bertz CT molecular complexity index is 166. The zero-order chi connectivity index (χ0) is 11.1. The lowest BCUT2D eigenvalue weighted by Gasteiger charge is -2.32. The largest absolute Gasteiger partial charge is 0.303 e. The molecule has 1 nitrogen and oxygen atoms in total. The second-order valence-corrected chi connectivity index (χ2v) is 6.21. The fourth-order valence-electron chi connectivity index (χ4n) is 2.06. The molecule has 0 bridgehead atoms. The molecular formula is C12H24ClNS. The SMILES string of the molecule is CC(CCl)CSCCC1CCCCN1C. The van der Waals surface area contributed by atoms with Gasteiger partial charge in [-0.1, -0.05) is 13.3 Å². The van der Waals surface area contributed by atoms with Gasteiger partial charge in [-0.25, -0.2) is 0 Å². The monoisotopic (exact) mass is 249 g/mol. The summed E-state index contributed by atoms with van der Waals surface area (Å²) in [4.78, 5) is 2.54. The lowest BCUT2D eigenvalue weighted by molar-refractivity contribution is 0.182. The van der Waals surface area contributed by atoms with E-state index in [4.69, 9.17) is 11.6 Å². The Morgan fingerprint density at radius 2 is 2.27 bits per heavy atom. The predicted octanol–water partition coefficient (Wildman–Crippen LogP) is 3.47. The molecule has 0 spiro atoms. The van der Waals surface area contributed by atoms with Crippen LogP contribution in [0.2, 0.25) is 0 Å². The quantitative estimate of drug-likeness (QED) is 0.524. The number of rotatable bonds is 6. The molecular weight excluding hydrogens is 226 g/mol. The molecule has 1 fully saturated rings. The van der Waals surface area contributed by atoms with E-state index < -0.39 is 0 Å². The van der Waals surface area contributed by atoms with E-state index in [9.17, 15) is 0 Å². The number of likely N-dealkylation sites (tertiary alicyclic amines) is 1. The van der Waals surface area contributed by atoms with E-state index in [1.165, 1.54) is 43.7 Å². The van der Waals surface area contributed by atoms with Crippen molar-refractivity contribution < 1.29 is 0 Å². The average Bonchev–Trinajstić information content (AvgIpc) is 2.26. The minimum atomic E-state index is 0.667. The number of piperidine rings is 1. The van der Waals surface area contributed by atoms with Gasteiger partial charge in [0.1, 0.15) is 0 Å². The van der Waals surface area contributed by atoms with Gasteiger partial charge in [0.05, 0.1) is 0 Å². The molecule has 1 aliphatic rings. The zero-order valence-electron chi connectivity index (χ0n) is 10.0. The van der Waals surface area contributed by atoms with Gasteiger partial charge in [-0.05, 0) is 50.3 Å². The summed E-state index contributed by atoms with van der Waals surface area (Å²) in [5, 5.41) is 0. The van der Waals surface area contributed by atoms with Crippen LogP contribution in [-0.2, 0) is 0 Å². The molecule has 2 atom stereocenters. The van der Waals surface area contributed by atoms with Gasteiger partial charge in [0.15, 0.2) is 0 Å². The summed E-state index contributed by atoms with van der Waals surface area (Å²) >= 11 is 7.85. The third-order valence-corrected chi connectivity index (χ3v) is 5.04. The van der Waals surface area contributed by atoms with Crippen LogP contribution in [0.25, 0.3) is 0 Å². The van der Waals surface area contributed by atoms with Crippen molar-refractivity contribution in [1.29, 1.82) is 0 Å². The second kappa shape index (κ2) is 7.81. The van der Waals surface area contributed by atoms with E-state index in [0.717, 1.165) is 11.9 Å². The van der Waals surface area contributed by atoms with Gasteiger partial charge < -0.3 is 4.90 Å². The summed E-state index contributed by atoms with van der Waals surface area (Å²) in [6, 6.07) is 0.845. The van der Waals surface area contributed by atoms with Crippen molar-refractivity contribution in [3.8, 4) is 0 Å². The molecule has 1 heterocycles. The van der Waals surface area contributed by atoms with E-state index in [2.05, 4.69) is 30.6 Å². The summed E-state index contributed by atoms with van der Waals surface area (Å²) in [6.07, 6.45) is 5.58. The highest BCUT2D eigenvalue weighted by Crippen LogP contribution is 2.20. The molecule has 1 saturated heterocycles. The normalized spacial score (nSPS) is 25.4. The average molecular weight is 250 g/mol. The standard InChI is InChI=1S/C12H24ClNS/c1-11(9-13)10-15-8-6-12-5-3-4-7-14(12)2/h11-12H,3-10H2,1-2H3. The molecule has 2 unspecified atom stereocenters. The summed E-state index contributed by atoms with van der Waals surface area (Å²) in [7, 11) is 2.27. The number of hydrogen-bond acceptors (Lipinski definition) is 2. The molecule has 0 amide bonds. The Morgan fingerprint density at radius 1 is 1.47 bits per heavy atom. The first-order chi connectivity index (χ1) is 7.24. The Hall–Kier alpha value is 0.600. The number of hydrogen-bond donors (Lipinski definition) is 0. The minimum absolute atomic E-state index is 0.667. The minimum Gasteiger partial charge on any atom is -0.303 e. The fraction of sp³-hybridized carbons (Fsp3) is 1.00. The molecule has 0 aliphatic carbocycles. The topological polar surface area (TPSA) is 3.24 Å². The van der Waals surface area contributed by atoms with E-state index in [0.29, 0.717) is 5.92 Å². The van der Waals surface area contributed by atoms with Crippen molar-refractivity contribution >= 4 is 23.4 Å². The first kappa shape index (κ1) is 13.7. The maximum atomic E-state index is 5.78. The Balaban J connectivity index is 2.03. The van der Waals surface area contributed by atoms with Gasteiger partial charge in [0.2, 0.25) is 0 Å². The molecule has 0 N–H and O–H groups in total. The van der Waals surface area contributed by atoms with Crippen LogP contribution < -0.4 is 0 Å². The zero-order valence-corrected chi connectivity index (χ0v) is 11.6. The van der Waals surface area contributed by atoms with Gasteiger partial charge >= 0.3 is 0 Å². The molecule has 15 heavy (non-hydrogen) atoms. The summed E-state index contributed by atoms with van der Waals surface area (Å²) in [5.74, 6) is 3.99. The van der Waals surface area contributed by atoms with Crippen LogP contribution in [0.4, 0.5) is 0 Å². The number of nitrogens with zero attached hydrogens (tertiary/aromatic N) is 1. The highest BCUT2D eigenvalue weighted by atomic mass is 35.5. The van der Waals surface area contributed by atoms with E-state index in [1.807, 2.05) is 0 Å². The summed E-state index contributed by atoms with van der Waals surface area (Å²) < 4.78 is 0. The fourth-order valence-corrected chi connectivity index (χ4v) is 3.42. The maximum Gasteiger partial charge on any atom is 0.0257 e. The van der Waals surface area contributed by atoms with Crippen LogP contribution in [0.5, 0.6) is 0 Å². The number of thioether (sulfide) groups is 1. The van der Waals surface area contributed by atoms with Crippen LogP contribution in [0.1, 0.15) is 32.6 Å². The van der Waals surface area contributed by atoms with Crippen LogP contribution in [0.15, 0.2) is 0 Å². The van der Waals surface area contributed by atoms with Crippen LogP contribution in [0.3, 0.4) is 0 Å². The van der Waals surface area contributed by atoms with Crippen molar-refractivity contribution in [1.82, 2.24) is 4.90 Å². The molecule has 0 saturated carbocycles.